The third-order valence-corrected chi connectivity index (χ3v) is 7.90. The second kappa shape index (κ2) is 8.12. The molecule has 3 aromatic rings. The number of benzene rings is 1. The Bertz CT molecular complexity index is 1200. The summed E-state index contributed by atoms with van der Waals surface area (Å²) in [6.07, 6.45) is 4.67. The van der Waals surface area contributed by atoms with E-state index in [1.54, 1.807) is 4.57 Å². The molecule has 7 heteroatoms. The Hall–Kier alpha value is -2.25. The minimum Gasteiger partial charge on any atom is -0.338 e. The molecule has 1 aliphatic heterocycles. The predicted molar refractivity (Wildman–Crippen MR) is 122 cm³/mol. The summed E-state index contributed by atoms with van der Waals surface area (Å²) in [6.45, 7) is 2.20. The van der Waals surface area contributed by atoms with Crippen molar-refractivity contribution in [2.24, 2.45) is 11.8 Å². The van der Waals surface area contributed by atoms with Crippen LogP contribution in [0.5, 0.6) is 0 Å². The Balaban J connectivity index is 1.22. The minimum atomic E-state index is 0.00827. The lowest BCUT2D eigenvalue weighted by molar-refractivity contribution is -0.137. The molecule has 0 atom stereocenters. The average Bonchev–Trinajstić information content (AvgIpc) is 3.25. The van der Waals surface area contributed by atoms with Crippen molar-refractivity contribution in [1.82, 2.24) is 14.5 Å². The molecule has 0 spiro atoms. The van der Waals surface area contributed by atoms with Crippen LogP contribution >= 0.6 is 23.6 Å². The number of hydrogen-bond donors (Lipinski definition) is 1. The van der Waals surface area contributed by atoms with Crippen LogP contribution in [0.3, 0.4) is 0 Å². The van der Waals surface area contributed by atoms with Crippen molar-refractivity contribution in [2.75, 3.05) is 6.54 Å². The van der Waals surface area contributed by atoms with Crippen LogP contribution in [-0.2, 0) is 24.3 Å². The van der Waals surface area contributed by atoms with Crippen molar-refractivity contribution in [3.8, 4) is 0 Å². The van der Waals surface area contributed by atoms with E-state index in [2.05, 4.69) is 29.2 Å². The second-order valence-electron chi connectivity index (χ2n) is 8.51. The number of nitrogens with one attached hydrogen (secondary N) is 1. The number of carbonyl (C=O) groups is 1. The summed E-state index contributed by atoms with van der Waals surface area (Å²) in [5.74, 6) is 0.802. The van der Waals surface area contributed by atoms with E-state index in [0.717, 1.165) is 55.4 Å². The fraction of sp³-hybridized carbons (Fsp3) is 0.435. The first-order chi connectivity index (χ1) is 14.6. The topological polar surface area (TPSA) is 58.1 Å². The standard InChI is InChI=1S/C23H25N3O2S2/c27-21(25-11-9-16-3-1-2-4-18(16)14-25)17-7-5-15(6-8-17)13-26-22(28)20-19(10-12-30-20)24-23(26)29/h1-4,10,12,15,17H,5-9,11,13-14H2,(H,24,29). The zero-order valence-corrected chi connectivity index (χ0v) is 18.4. The zero-order chi connectivity index (χ0) is 20.7. The number of nitrogens with zero attached hydrogens (tertiary/aromatic N) is 2. The van der Waals surface area contributed by atoms with Crippen LogP contribution in [-0.4, -0.2) is 26.9 Å². The fourth-order valence-corrected chi connectivity index (χ4v) is 5.99. The van der Waals surface area contributed by atoms with Crippen molar-refractivity contribution in [3.63, 3.8) is 0 Å². The summed E-state index contributed by atoms with van der Waals surface area (Å²) >= 11 is 6.89. The molecule has 1 aromatic carbocycles. The highest BCUT2D eigenvalue weighted by Gasteiger charge is 2.31. The number of amides is 1. The first-order valence-electron chi connectivity index (χ1n) is 10.7. The maximum atomic E-state index is 13.1. The van der Waals surface area contributed by atoms with E-state index >= 15 is 0 Å². The van der Waals surface area contributed by atoms with Crippen LogP contribution in [0.25, 0.3) is 10.2 Å². The van der Waals surface area contributed by atoms with E-state index in [-0.39, 0.29) is 11.5 Å². The van der Waals surface area contributed by atoms with E-state index < -0.39 is 0 Å². The number of H-pyrrole nitrogens is 1. The predicted octanol–water partition coefficient (Wildman–Crippen LogP) is 4.51. The van der Waals surface area contributed by atoms with E-state index in [1.165, 1.54) is 22.5 Å². The average molecular weight is 440 g/mol. The molecule has 1 saturated carbocycles. The molecular weight excluding hydrogens is 414 g/mol. The number of rotatable bonds is 3. The first-order valence-corrected chi connectivity index (χ1v) is 11.9. The van der Waals surface area contributed by atoms with Gasteiger partial charge in [-0.3, -0.25) is 14.2 Å². The Morgan fingerprint density at radius 3 is 2.70 bits per heavy atom. The summed E-state index contributed by atoms with van der Waals surface area (Å²) in [6, 6.07) is 10.3. The summed E-state index contributed by atoms with van der Waals surface area (Å²) < 4.78 is 2.94. The first kappa shape index (κ1) is 19.7. The van der Waals surface area contributed by atoms with Crippen molar-refractivity contribution in [2.45, 2.75) is 45.2 Å². The van der Waals surface area contributed by atoms with Crippen molar-refractivity contribution < 1.29 is 4.79 Å². The fourth-order valence-electron chi connectivity index (χ4n) is 4.93. The second-order valence-corrected chi connectivity index (χ2v) is 9.81. The van der Waals surface area contributed by atoms with Gasteiger partial charge in [0.2, 0.25) is 5.91 Å². The molecule has 3 heterocycles. The number of fused-ring (bicyclic) bond motifs is 2. The summed E-state index contributed by atoms with van der Waals surface area (Å²) in [5, 5.41) is 1.91. The van der Waals surface area contributed by atoms with Gasteiger partial charge in [0.25, 0.3) is 5.56 Å². The molecule has 2 aromatic heterocycles. The van der Waals surface area contributed by atoms with Crippen molar-refractivity contribution >= 4 is 39.7 Å². The van der Waals surface area contributed by atoms with Crippen molar-refractivity contribution in [1.29, 1.82) is 0 Å². The molecular formula is C23H25N3O2S2. The summed E-state index contributed by atoms with van der Waals surface area (Å²) in [4.78, 5) is 31.1. The largest absolute Gasteiger partial charge is 0.338 e. The lowest BCUT2D eigenvalue weighted by Gasteiger charge is -2.35. The minimum absolute atomic E-state index is 0.00827. The van der Waals surface area contributed by atoms with Gasteiger partial charge >= 0.3 is 0 Å². The molecule has 0 bridgehead atoms. The third-order valence-electron chi connectivity index (χ3n) is 6.67. The number of carbonyl (C=O) groups excluding carboxylic acids is 1. The molecule has 1 fully saturated rings. The highest BCUT2D eigenvalue weighted by atomic mass is 32.1. The third kappa shape index (κ3) is 3.65. The van der Waals surface area contributed by atoms with Gasteiger partial charge in [-0.05, 0) is 72.8 Å². The van der Waals surface area contributed by atoms with Gasteiger partial charge in [-0.1, -0.05) is 24.3 Å². The van der Waals surface area contributed by atoms with Gasteiger partial charge < -0.3 is 9.88 Å². The Kier molecular flexibility index (Phi) is 5.33. The van der Waals surface area contributed by atoms with Crippen LogP contribution < -0.4 is 5.56 Å². The van der Waals surface area contributed by atoms with Gasteiger partial charge in [0.1, 0.15) is 4.70 Å². The van der Waals surface area contributed by atoms with E-state index in [1.807, 2.05) is 16.3 Å². The lowest BCUT2D eigenvalue weighted by atomic mass is 9.81. The quantitative estimate of drug-likeness (QED) is 0.611. The molecule has 0 saturated heterocycles. The highest BCUT2D eigenvalue weighted by Crippen LogP contribution is 2.32. The molecule has 0 unspecified atom stereocenters. The monoisotopic (exact) mass is 439 g/mol. The molecule has 2 aliphatic rings. The van der Waals surface area contributed by atoms with E-state index in [4.69, 9.17) is 12.2 Å². The highest BCUT2D eigenvalue weighted by molar-refractivity contribution is 7.71. The molecule has 1 N–H and O–H groups in total. The van der Waals surface area contributed by atoms with Gasteiger partial charge in [-0.25, -0.2) is 0 Å². The molecule has 1 amide bonds. The maximum absolute atomic E-state index is 13.1. The molecule has 1 aliphatic carbocycles. The lowest BCUT2D eigenvalue weighted by Crippen LogP contribution is -2.41. The number of thiophene rings is 1. The van der Waals surface area contributed by atoms with Gasteiger partial charge in [-0.15, -0.1) is 11.3 Å². The van der Waals surface area contributed by atoms with E-state index in [0.29, 0.717) is 23.1 Å². The van der Waals surface area contributed by atoms with Crippen LogP contribution in [0.1, 0.15) is 36.8 Å². The normalized spacial score (nSPS) is 21.5. The smallest absolute Gasteiger partial charge is 0.272 e. The SMILES string of the molecule is O=C(C1CCC(Cn2c(=S)[nH]c3ccsc3c2=O)CC1)N1CCc2ccccc2C1. The van der Waals surface area contributed by atoms with Crippen LogP contribution in [0, 0.1) is 16.6 Å². The maximum Gasteiger partial charge on any atom is 0.272 e. The Morgan fingerprint density at radius 1 is 1.13 bits per heavy atom. The number of hydrogen-bond acceptors (Lipinski definition) is 4. The molecule has 30 heavy (non-hydrogen) atoms. The molecule has 5 nitrogen and oxygen atoms in total. The van der Waals surface area contributed by atoms with Crippen LogP contribution in [0.4, 0.5) is 0 Å². The van der Waals surface area contributed by atoms with Gasteiger partial charge in [0, 0.05) is 25.6 Å². The number of aromatic nitrogens is 2. The van der Waals surface area contributed by atoms with Gasteiger partial charge in [0.05, 0.1) is 5.52 Å². The Morgan fingerprint density at radius 2 is 1.90 bits per heavy atom. The number of aromatic amines is 1. The van der Waals surface area contributed by atoms with E-state index in [9.17, 15) is 9.59 Å². The molecule has 5 rings (SSSR count). The van der Waals surface area contributed by atoms with Crippen LogP contribution in [0.15, 0.2) is 40.5 Å². The van der Waals surface area contributed by atoms with Crippen molar-refractivity contribution in [3.05, 3.63) is 62.0 Å². The molecule has 0 radical (unpaired) electrons. The van der Waals surface area contributed by atoms with Gasteiger partial charge in [0.15, 0.2) is 4.77 Å². The summed E-state index contributed by atoms with van der Waals surface area (Å²) in [5.41, 5.74) is 3.48. The van der Waals surface area contributed by atoms with Gasteiger partial charge in [-0.2, -0.15) is 0 Å². The summed E-state index contributed by atoms with van der Waals surface area (Å²) in [7, 11) is 0. The Labute approximate surface area is 184 Å². The van der Waals surface area contributed by atoms with Crippen LogP contribution in [0.2, 0.25) is 0 Å². The zero-order valence-electron chi connectivity index (χ0n) is 16.8. The molecule has 156 valence electrons.